The summed E-state index contributed by atoms with van der Waals surface area (Å²) in [6.45, 7) is 2.07. The van der Waals surface area contributed by atoms with E-state index in [1.54, 1.807) is 18.2 Å². The van der Waals surface area contributed by atoms with Crippen LogP contribution in [0, 0.1) is 5.92 Å². The summed E-state index contributed by atoms with van der Waals surface area (Å²) in [5.41, 5.74) is 1.54. The van der Waals surface area contributed by atoms with Gasteiger partial charge >= 0.3 is 0 Å². The zero-order chi connectivity index (χ0) is 17.6. The first-order valence-corrected chi connectivity index (χ1v) is 8.82. The molecule has 1 aliphatic heterocycles. The van der Waals surface area contributed by atoms with Crippen molar-refractivity contribution in [2.45, 2.75) is 19.3 Å². The number of halogens is 1. The van der Waals surface area contributed by atoms with Crippen molar-refractivity contribution in [3.8, 4) is 0 Å². The number of hydrogen-bond donors (Lipinski definition) is 1. The summed E-state index contributed by atoms with van der Waals surface area (Å²) in [6, 6.07) is 8.99. The maximum Gasteiger partial charge on any atom is 0.257 e. The molecule has 0 bridgehead atoms. The van der Waals surface area contributed by atoms with Gasteiger partial charge < -0.3 is 14.6 Å². The van der Waals surface area contributed by atoms with Crippen LogP contribution in [-0.2, 0) is 11.2 Å². The Hall–Kier alpha value is -2.27. The molecule has 2 heterocycles. The topological polar surface area (TPSA) is 62.6 Å². The van der Waals surface area contributed by atoms with Crippen LogP contribution in [0.4, 0.5) is 0 Å². The standard InChI is InChI=1S/C19H21ClN2O3/c20-17-3-1-14(2-4-17)11-18(23)21-12-15-5-8-22(9-6-15)19(24)16-7-10-25-13-16/h1-4,7,10,13,15H,5-6,8-9,11-12H2,(H,21,23). The van der Waals surface area contributed by atoms with E-state index in [0.717, 1.165) is 18.4 Å². The molecule has 1 aliphatic rings. The Morgan fingerprint density at radius 3 is 2.52 bits per heavy atom. The predicted molar refractivity (Wildman–Crippen MR) is 95.5 cm³/mol. The van der Waals surface area contributed by atoms with Crippen molar-refractivity contribution >= 4 is 23.4 Å². The Kier molecular flexibility index (Phi) is 5.76. The normalized spacial score (nSPS) is 15.2. The molecular weight excluding hydrogens is 340 g/mol. The van der Waals surface area contributed by atoms with E-state index in [0.29, 0.717) is 42.6 Å². The third-order valence-corrected chi connectivity index (χ3v) is 4.79. The van der Waals surface area contributed by atoms with Crippen LogP contribution in [-0.4, -0.2) is 36.3 Å². The van der Waals surface area contributed by atoms with Crippen molar-refractivity contribution in [2.24, 2.45) is 5.92 Å². The fraction of sp³-hybridized carbons (Fsp3) is 0.368. The largest absolute Gasteiger partial charge is 0.472 e. The summed E-state index contributed by atoms with van der Waals surface area (Å²) in [7, 11) is 0. The third kappa shape index (κ3) is 4.86. The molecular formula is C19H21ClN2O3. The van der Waals surface area contributed by atoms with Crippen LogP contribution in [0.1, 0.15) is 28.8 Å². The summed E-state index contributed by atoms with van der Waals surface area (Å²) in [4.78, 5) is 26.1. The molecule has 2 aromatic rings. The van der Waals surface area contributed by atoms with E-state index >= 15 is 0 Å². The Labute approximate surface area is 151 Å². The van der Waals surface area contributed by atoms with Crippen LogP contribution < -0.4 is 5.32 Å². The van der Waals surface area contributed by atoms with Gasteiger partial charge in [0.25, 0.3) is 5.91 Å². The molecule has 3 rings (SSSR count). The third-order valence-electron chi connectivity index (χ3n) is 4.54. The molecule has 1 aromatic heterocycles. The summed E-state index contributed by atoms with van der Waals surface area (Å²) in [6.07, 6.45) is 5.13. The van der Waals surface area contributed by atoms with Crippen molar-refractivity contribution in [3.63, 3.8) is 0 Å². The average molecular weight is 361 g/mol. The number of nitrogens with zero attached hydrogens (tertiary/aromatic N) is 1. The van der Waals surface area contributed by atoms with Gasteiger partial charge in [-0.05, 0) is 42.5 Å². The van der Waals surface area contributed by atoms with E-state index in [-0.39, 0.29) is 11.8 Å². The Morgan fingerprint density at radius 2 is 1.88 bits per heavy atom. The highest BCUT2D eigenvalue weighted by atomic mass is 35.5. The Bertz CT molecular complexity index is 705. The van der Waals surface area contributed by atoms with Crippen LogP contribution in [0.3, 0.4) is 0 Å². The predicted octanol–water partition coefficient (Wildman–Crippen LogP) is 3.14. The molecule has 5 nitrogen and oxygen atoms in total. The number of carbonyl (C=O) groups excluding carboxylic acids is 2. The number of carbonyl (C=O) groups is 2. The molecule has 0 radical (unpaired) electrons. The molecule has 1 aromatic carbocycles. The fourth-order valence-corrected chi connectivity index (χ4v) is 3.14. The van der Waals surface area contributed by atoms with E-state index in [4.69, 9.17) is 16.0 Å². The lowest BCUT2D eigenvalue weighted by Crippen LogP contribution is -2.41. The zero-order valence-electron chi connectivity index (χ0n) is 13.9. The highest BCUT2D eigenvalue weighted by Crippen LogP contribution is 2.19. The minimum atomic E-state index is 0.0129. The van der Waals surface area contributed by atoms with Crippen molar-refractivity contribution < 1.29 is 14.0 Å². The molecule has 1 fully saturated rings. The van der Waals surface area contributed by atoms with Crippen LogP contribution in [0.15, 0.2) is 47.3 Å². The van der Waals surface area contributed by atoms with Crippen LogP contribution in [0.5, 0.6) is 0 Å². The van der Waals surface area contributed by atoms with Gasteiger partial charge in [0.1, 0.15) is 6.26 Å². The van der Waals surface area contributed by atoms with Gasteiger partial charge in [0, 0.05) is 24.7 Å². The molecule has 2 amide bonds. The van der Waals surface area contributed by atoms with Crippen molar-refractivity contribution in [2.75, 3.05) is 19.6 Å². The molecule has 0 unspecified atom stereocenters. The van der Waals surface area contributed by atoms with Gasteiger partial charge in [0.05, 0.1) is 18.2 Å². The van der Waals surface area contributed by atoms with Crippen molar-refractivity contribution in [3.05, 3.63) is 59.0 Å². The summed E-state index contributed by atoms with van der Waals surface area (Å²) >= 11 is 5.84. The van der Waals surface area contributed by atoms with Gasteiger partial charge in [-0.3, -0.25) is 9.59 Å². The number of rotatable bonds is 5. The monoisotopic (exact) mass is 360 g/mol. The maximum atomic E-state index is 12.2. The van der Waals surface area contributed by atoms with Gasteiger partial charge in [-0.15, -0.1) is 0 Å². The molecule has 1 saturated heterocycles. The number of furan rings is 1. The van der Waals surface area contributed by atoms with Crippen molar-refractivity contribution in [1.82, 2.24) is 10.2 Å². The Morgan fingerprint density at radius 1 is 1.16 bits per heavy atom. The molecule has 0 saturated carbocycles. The van der Waals surface area contributed by atoms with E-state index < -0.39 is 0 Å². The maximum absolute atomic E-state index is 12.2. The van der Waals surface area contributed by atoms with Crippen LogP contribution in [0.25, 0.3) is 0 Å². The first-order chi connectivity index (χ1) is 12.1. The molecule has 0 spiro atoms. The number of likely N-dealkylation sites (tertiary alicyclic amines) is 1. The minimum absolute atomic E-state index is 0.0129. The quantitative estimate of drug-likeness (QED) is 0.891. The number of hydrogen-bond acceptors (Lipinski definition) is 3. The molecule has 6 heteroatoms. The fourth-order valence-electron chi connectivity index (χ4n) is 3.02. The molecule has 132 valence electrons. The smallest absolute Gasteiger partial charge is 0.257 e. The lowest BCUT2D eigenvalue weighted by atomic mass is 9.96. The first kappa shape index (κ1) is 17.5. The second-order valence-corrected chi connectivity index (χ2v) is 6.79. The van der Waals surface area contributed by atoms with Crippen molar-refractivity contribution in [1.29, 1.82) is 0 Å². The lowest BCUT2D eigenvalue weighted by molar-refractivity contribution is -0.120. The van der Waals surface area contributed by atoms with Crippen LogP contribution in [0.2, 0.25) is 5.02 Å². The molecule has 1 N–H and O–H groups in total. The van der Waals surface area contributed by atoms with Gasteiger partial charge in [-0.2, -0.15) is 0 Å². The molecule has 0 atom stereocenters. The number of amides is 2. The summed E-state index contributed by atoms with van der Waals surface area (Å²) in [5, 5.41) is 3.66. The SMILES string of the molecule is O=C(Cc1ccc(Cl)cc1)NCC1CCN(C(=O)c2ccoc2)CC1. The second kappa shape index (κ2) is 8.21. The number of nitrogens with one attached hydrogen (secondary N) is 1. The molecule has 0 aliphatic carbocycles. The number of benzene rings is 1. The second-order valence-electron chi connectivity index (χ2n) is 6.35. The van der Waals surface area contributed by atoms with E-state index in [1.807, 2.05) is 17.0 Å². The Balaban J connectivity index is 1.39. The zero-order valence-corrected chi connectivity index (χ0v) is 14.7. The van der Waals surface area contributed by atoms with Gasteiger partial charge in [0.2, 0.25) is 5.91 Å². The van der Waals surface area contributed by atoms with Crippen LogP contribution >= 0.6 is 11.6 Å². The molecule has 25 heavy (non-hydrogen) atoms. The van der Waals surface area contributed by atoms with Gasteiger partial charge in [-0.25, -0.2) is 0 Å². The summed E-state index contributed by atoms with van der Waals surface area (Å²) in [5.74, 6) is 0.431. The van der Waals surface area contributed by atoms with E-state index in [1.165, 1.54) is 12.5 Å². The van der Waals surface area contributed by atoms with Gasteiger partial charge in [0.15, 0.2) is 0 Å². The van der Waals surface area contributed by atoms with E-state index in [9.17, 15) is 9.59 Å². The lowest BCUT2D eigenvalue weighted by Gasteiger charge is -2.31. The van der Waals surface area contributed by atoms with Gasteiger partial charge in [-0.1, -0.05) is 23.7 Å². The average Bonchev–Trinajstić information content (AvgIpc) is 3.16. The first-order valence-electron chi connectivity index (χ1n) is 8.44. The highest BCUT2D eigenvalue weighted by Gasteiger charge is 2.24. The highest BCUT2D eigenvalue weighted by molar-refractivity contribution is 6.30. The summed E-state index contributed by atoms with van der Waals surface area (Å²) < 4.78 is 4.97. The van der Waals surface area contributed by atoms with E-state index in [2.05, 4.69) is 5.32 Å². The number of piperidine rings is 1. The minimum Gasteiger partial charge on any atom is -0.472 e.